The van der Waals surface area contributed by atoms with Gasteiger partial charge in [-0.2, -0.15) is 0 Å². The Labute approximate surface area is 155 Å². The van der Waals surface area contributed by atoms with Gasteiger partial charge in [-0.25, -0.2) is 4.90 Å². The summed E-state index contributed by atoms with van der Waals surface area (Å²) in [6, 6.07) is 11.3. The fourth-order valence-electron chi connectivity index (χ4n) is 2.70. The molecule has 0 aliphatic carbocycles. The number of halogens is 2. The molecule has 5 nitrogen and oxygen atoms in total. The Morgan fingerprint density at radius 2 is 1.92 bits per heavy atom. The lowest BCUT2D eigenvalue weighted by Crippen LogP contribution is -2.35. The first-order valence-corrected chi connectivity index (χ1v) is 8.57. The van der Waals surface area contributed by atoms with Crippen molar-refractivity contribution in [3.05, 3.63) is 52.5 Å². The van der Waals surface area contributed by atoms with E-state index < -0.39 is 6.04 Å². The number of rotatable bonds is 5. The van der Waals surface area contributed by atoms with Crippen molar-refractivity contribution in [2.24, 2.45) is 0 Å². The monoisotopic (exact) mass is 378 g/mol. The van der Waals surface area contributed by atoms with Crippen LogP contribution in [0.25, 0.3) is 0 Å². The number of ether oxygens (including phenoxy) is 1. The fraction of sp³-hybridized carbons (Fsp3) is 0.222. The van der Waals surface area contributed by atoms with Crippen LogP contribution in [0.3, 0.4) is 0 Å². The maximum Gasteiger partial charge on any atom is 0.256 e. The maximum absolute atomic E-state index is 12.8. The molecule has 25 heavy (non-hydrogen) atoms. The van der Waals surface area contributed by atoms with E-state index >= 15 is 0 Å². The lowest BCUT2D eigenvalue weighted by Gasteiger charge is -2.19. The van der Waals surface area contributed by atoms with Crippen molar-refractivity contribution in [1.29, 1.82) is 0 Å². The van der Waals surface area contributed by atoms with Gasteiger partial charge in [-0.1, -0.05) is 35.3 Å². The van der Waals surface area contributed by atoms with Crippen molar-refractivity contribution < 1.29 is 14.3 Å². The van der Waals surface area contributed by atoms with Gasteiger partial charge in [0.05, 0.1) is 28.8 Å². The molecule has 1 fully saturated rings. The first kappa shape index (κ1) is 17.6. The summed E-state index contributed by atoms with van der Waals surface area (Å²) in [5, 5.41) is 3.85. The second kappa shape index (κ2) is 7.33. The highest BCUT2D eigenvalue weighted by atomic mass is 35.5. The number of hydrogen-bond acceptors (Lipinski definition) is 4. The molecule has 1 saturated heterocycles. The number of benzene rings is 2. The van der Waals surface area contributed by atoms with Gasteiger partial charge in [0.15, 0.2) is 0 Å². The molecule has 1 aliphatic heterocycles. The molecular weight excluding hydrogens is 363 g/mol. The normalized spacial score (nSPS) is 17.1. The Kier molecular flexibility index (Phi) is 5.16. The van der Waals surface area contributed by atoms with Crippen LogP contribution in [0.1, 0.15) is 13.3 Å². The average molecular weight is 379 g/mol. The number of nitrogens with zero attached hydrogens (tertiary/aromatic N) is 1. The van der Waals surface area contributed by atoms with Crippen LogP contribution < -0.4 is 15.0 Å². The van der Waals surface area contributed by atoms with Crippen LogP contribution in [-0.2, 0) is 9.59 Å². The Bertz CT molecular complexity index is 826. The van der Waals surface area contributed by atoms with E-state index in [-0.39, 0.29) is 18.2 Å². The molecule has 0 spiro atoms. The number of imide groups is 1. The molecule has 0 saturated carbocycles. The van der Waals surface area contributed by atoms with Crippen molar-refractivity contribution in [3.8, 4) is 5.75 Å². The van der Waals surface area contributed by atoms with Crippen LogP contribution in [0.2, 0.25) is 10.0 Å². The van der Waals surface area contributed by atoms with E-state index in [9.17, 15) is 9.59 Å². The van der Waals surface area contributed by atoms with E-state index in [1.54, 1.807) is 42.5 Å². The van der Waals surface area contributed by atoms with E-state index in [1.807, 2.05) is 6.92 Å². The minimum absolute atomic E-state index is 0.0551. The van der Waals surface area contributed by atoms with Crippen molar-refractivity contribution in [1.82, 2.24) is 0 Å². The van der Waals surface area contributed by atoms with Gasteiger partial charge in [0.1, 0.15) is 11.8 Å². The molecule has 1 atom stereocenters. The Hall–Kier alpha value is -2.24. The van der Waals surface area contributed by atoms with E-state index in [2.05, 4.69) is 5.32 Å². The van der Waals surface area contributed by atoms with Crippen molar-refractivity contribution in [2.45, 2.75) is 19.4 Å². The smallest absolute Gasteiger partial charge is 0.256 e. The van der Waals surface area contributed by atoms with Gasteiger partial charge in [-0.15, -0.1) is 0 Å². The van der Waals surface area contributed by atoms with Crippen molar-refractivity contribution >= 4 is 46.4 Å². The zero-order chi connectivity index (χ0) is 18.0. The summed E-state index contributed by atoms with van der Waals surface area (Å²) in [5.74, 6) is -0.111. The fourth-order valence-corrected chi connectivity index (χ4v) is 3.00. The molecule has 0 bridgehead atoms. The summed E-state index contributed by atoms with van der Waals surface area (Å²) in [6.07, 6.45) is 0.0551. The van der Waals surface area contributed by atoms with Gasteiger partial charge < -0.3 is 10.1 Å². The Morgan fingerprint density at radius 1 is 1.16 bits per heavy atom. The number of amides is 2. The standard InChI is InChI=1S/C18H16Cl2N2O3/c1-2-25-16-6-4-3-5-15(16)22-17(23)10-14(18(22)24)21-11-7-8-12(19)13(20)9-11/h3-9,14,21H,2,10H2,1H3/t14-/m0/s1. The average Bonchev–Trinajstić information content (AvgIpc) is 2.86. The number of nitrogens with one attached hydrogen (secondary N) is 1. The molecule has 3 rings (SSSR count). The summed E-state index contributed by atoms with van der Waals surface area (Å²) in [7, 11) is 0. The first-order valence-electron chi connectivity index (χ1n) is 7.81. The quantitative estimate of drug-likeness (QED) is 0.794. The summed E-state index contributed by atoms with van der Waals surface area (Å²) in [4.78, 5) is 26.3. The molecule has 0 unspecified atom stereocenters. The number of hydrogen-bond donors (Lipinski definition) is 1. The predicted octanol–water partition coefficient (Wildman–Crippen LogP) is 4.14. The second-order valence-electron chi connectivity index (χ2n) is 5.50. The van der Waals surface area contributed by atoms with E-state index in [0.717, 1.165) is 0 Å². The van der Waals surface area contributed by atoms with E-state index in [4.69, 9.17) is 27.9 Å². The molecule has 1 N–H and O–H groups in total. The third-order valence-corrected chi connectivity index (χ3v) is 4.55. The Balaban J connectivity index is 1.84. The first-order chi connectivity index (χ1) is 12.0. The predicted molar refractivity (Wildman–Crippen MR) is 98.6 cm³/mol. The molecule has 1 aliphatic rings. The summed E-state index contributed by atoms with van der Waals surface area (Å²) >= 11 is 11.9. The lowest BCUT2D eigenvalue weighted by atomic mass is 10.2. The summed E-state index contributed by atoms with van der Waals surface area (Å²) in [5.41, 5.74) is 1.08. The molecule has 0 aromatic heterocycles. The van der Waals surface area contributed by atoms with E-state index in [1.165, 1.54) is 4.90 Å². The molecule has 2 aromatic rings. The third kappa shape index (κ3) is 3.57. The molecule has 2 aromatic carbocycles. The SMILES string of the molecule is CCOc1ccccc1N1C(=O)C[C@H](Nc2ccc(Cl)c(Cl)c2)C1=O. The van der Waals surface area contributed by atoms with Crippen molar-refractivity contribution in [3.63, 3.8) is 0 Å². The largest absolute Gasteiger partial charge is 0.492 e. The topological polar surface area (TPSA) is 58.6 Å². The van der Waals surface area contributed by atoms with Crippen molar-refractivity contribution in [2.75, 3.05) is 16.8 Å². The van der Waals surface area contributed by atoms with Gasteiger partial charge in [0.25, 0.3) is 5.91 Å². The van der Waals surface area contributed by atoms with Gasteiger partial charge in [0, 0.05) is 5.69 Å². The zero-order valence-electron chi connectivity index (χ0n) is 13.5. The number of carbonyl (C=O) groups excluding carboxylic acids is 2. The Morgan fingerprint density at radius 3 is 2.64 bits per heavy atom. The highest BCUT2D eigenvalue weighted by molar-refractivity contribution is 6.42. The van der Waals surface area contributed by atoms with Gasteiger partial charge >= 0.3 is 0 Å². The number of carbonyl (C=O) groups is 2. The van der Waals surface area contributed by atoms with Crippen LogP contribution in [0.15, 0.2) is 42.5 Å². The minimum Gasteiger partial charge on any atom is -0.492 e. The van der Waals surface area contributed by atoms with Crippen LogP contribution >= 0.6 is 23.2 Å². The number of para-hydroxylation sites is 2. The van der Waals surface area contributed by atoms with E-state index in [0.29, 0.717) is 33.8 Å². The van der Waals surface area contributed by atoms with Gasteiger partial charge in [-0.05, 0) is 37.3 Å². The molecule has 2 amide bonds. The second-order valence-corrected chi connectivity index (χ2v) is 6.31. The van der Waals surface area contributed by atoms with Crippen LogP contribution in [0.5, 0.6) is 5.75 Å². The van der Waals surface area contributed by atoms with Gasteiger partial charge in [0.2, 0.25) is 5.91 Å². The van der Waals surface area contributed by atoms with Crippen LogP contribution in [0.4, 0.5) is 11.4 Å². The summed E-state index contributed by atoms with van der Waals surface area (Å²) in [6.45, 7) is 2.29. The van der Waals surface area contributed by atoms with Crippen LogP contribution in [0, 0.1) is 0 Å². The lowest BCUT2D eigenvalue weighted by molar-refractivity contribution is -0.121. The molecule has 7 heteroatoms. The third-order valence-electron chi connectivity index (χ3n) is 3.81. The molecule has 1 heterocycles. The minimum atomic E-state index is -0.667. The number of anilines is 2. The van der Waals surface area contributed by atoms with Crippen LogP contribution in [-0.4, -0.2) is 24.5 Å². The zero-order valence-corrected chi connectivity index (χ0v) is 15.0. The maximum atomic E-state index is 12.8. The summed E-state index contributed by atoms with van der Waals surface area (Å²) < 4.78 is 5.53. The molecule has 0 radical (unpaired) electrons. The highest BCUT2D eigenvalue weighted by Gasteiger charge is 2.40. The molecule has 130 valence electrons. The van der Waals surface area contributed by atoms with Gasteiger partial charge in [-0.3, -0.25) is 9.59 Å². The molecular formula is C18H16Cl2N2O3. The highest BCUT2D eigenvalue weighted by Crippen LogP contribution is 2.33.